The Hall–Kier alpha value is -1.96. The van der Waals surface area contributed by atoms with Gasteiger partial charge in [-0.25, -0.2) is 8.42 Å². The van der Waals surface area contributed by atoms with Crippen LogP contribution in [-0.2, 0) is 14.8 Å². The highest BCUT2D eigenvalue weighted by Crippen LogP contribution is 2.32. The third-order valence-corrected chi connectivity index (χ3v) is 5.56. The topological polar surface area (TPSA) is 75.7 Å². The number of benzene rings is 2. The van der Waals surface area contributed by atoms with Crippen molar-refractivity contribution in [2.45, 2.75) is 19.4 Å². The quantitative estimate of drug-likeness (QED) is 0.714. The van der Waals surface area contributed by atoms with Crippen molar-refractivity contribution >= 4 is 50.5 Å². The highest BCUT2D eigenvalue weighted by Gasteiger charge is 2.32. The van der Waals surface area contributed by atoms with Gasteiger partial charge in [0.15, 0.2) is 0 Å². The molecule has 0 saturated carbocycles. The minimum absolute atomic E-state index is 0.247. The van der Waals surface area contributed by atoms with Gasteiger partial charge in [-0.15, -0.1) is 0 Å². The maximum Gasteiger partial charge on any atom is 0.248 e. The van der Waals surface area contributed by atoms with Crippen LogP contribution in [0.1, 0.15) is 13.3 Å². The Morgan fingerprint density at radius 2 is 1.81 bits per heavy atom. The molecule has 9 heteroatoms. The Morgan fingerprint density at radius 3 is 2.30 bits per heavy atom. The largest absolute Gasteiger partial charge is 0.495 e. The highest BCUT2D eigenvalue weighted by molar-refractivity contribution is 7.92. The normalized spacial score (nSPS) is 12.3. The molecule has 27 heavy (non-hydrogen) atoms. The van der Waals surface area contributed by atoms with Gasteiger partial charge in [-0.05, 0) is 48.9 Å². The van der Waals surface area contributed by atoms with E-state index in [9.17, 15) is 13.2 Å². The van der Waals surface area contributed by atoms with Crippen LogP contribution >= 0.6 is 23.2 Å². The van der Waals surface area contributed by atoms with E-state index in [1.54, 1.807) is 43.3 Å². The van der Waals surface area contributed by atoms with E-state index in [2.05, 4.69) is 5.32 Å². The molecule has 0 aromatic heterocycles. The summed E-state index contributed by atoms with van der Waals surface area (Å²) in [7, 11) is -2.30. The molecule has 0 fully saturated rings. The number of nitrogens with zero attached hydrogens (tertiary/aromatic N) is 1. The van der Waals surface area contributed by atoms with Gasteiger partial charge in [0.25, 0.3) is 0 Å². The molecule has 1 N–H and O–H groups in total. The van der Waals surface area contributed by atoms with Crippen molar-refractivity contribution in [3.63, 3.8) is 0 Å². The fourth-order valence-electron chi connectivity index (χ4n) is 2.61. The molecule has 1 atom stereocenters. The van der Waals surface area contributed by atoms with Crippen molar-refractivity contribution in [2.75, 3.05) is 23.0 Å². The lowest BCUT2D eigenvalue weighted by molar-refractivity contribution is -0.117. The Labute approximate surface area is 169 Å². The lowest BCUT2D eigenvalue weighted by Gasteiger charge is -2.30. The van der Waals surface area contributed by atoms with E-state index >= 15 is 0 Å². The number of halogens is 2. The van der Waals surface area contributed by atoms with Gasteiger partial charge in [-0.2, -0.15) is 0 Å². The van der Waals surface area contributed by atoms with Crippen molar-refractivity contribution in [1.82, 2.24) is 0 Å². The SMILES string of the molecule is CCC(C(=O)Nc1ccc(Cl)cc1)N(c1ccc(OC)c(Cl)c1)S(C)(=O)=O. The third kappa shape index (κ3) is 5.28. The maximum absolute atomic E-state index is 12.8. The molecule has 0 bridgehead atoms. The van der Waals surface area contributed by atoms with Gasteiger partial charge in [-0.1, -0.05) is 30.1 Å². The summed E-state index contributed by atoms with van der Waals surface area (Å²) in [6.45, 7) is 1.73. The summed E-state index contributed by atoms with van der Waals surface area (Å²) in [5.41, 5.74) is 0.797. The van der Waals surface area contributed by atoms with Crippen LogP contribution in [0.3, 0.4) is 0 Å². The molecule has 0 radical (unpaired) electrons. The zero-order valence-electron chi connectivity index (χ0n) is 15.1. The van der Waals surface area contributed by atoms with Crippen molar-refractivity contribution in [1.29, 1.82) is 0 Å². The molecule has 0 aliphatic rings. The molecule has 0 spiro atoms. The number of ether oxygens (including phenoxy) is 1. The minimum Gasteiger partial charge on any atom is -0.495 e. The number of nitrogens with one attached hydrogen (secondary N) is 1. The monoisotopic (exact) mass is 430 g/mol. The summed E-state index contributed by atoms with van der Waals surface area (Å²) in [6, 6.07) is 10.2. The predicted octanol–water partition coefficient (Wildman–Crippen LogP) is 4.19. The second-order valence-corrected chi connectivity index (χ2v) is 8.50. The van der Waals surface area contributed by atoms with Crippen molar-refractivity contribution in [2.24, 2.45) is 0 Å². The van der Waals surface area contributed by atoms with E-state index in [0.717, 1.165) is 10.6 Å². The van der Waals surface area contributed by atoms with Gasteiger partial charge < -0.3 is 10.1 Å². The van der Waals surface area contributed by atoms with Gasteiger partial charge in [0.1, 0.15) is 11.8 Å². The number of hydrogen-bond donors (Lipinski definition) is 1. The molecule has 6 nitrogen and oxygen atoms in total. The van der Waals surface area contributed by atoms with Crippen LogP contribution in [0.25, 0.3) is 0 Å². The van der Waals surface area contributed by atoms with Gasteiger partial charge in [0, 0.05) is 10.7 Å². The lowest BCUT2D eigenvalue weighted by Crippen LogP contribution is -2.47. The molecule has 2 aromatic rings. The zero-order chi connectivity index (χ0) is 20.2. The molecule has 2 rings (SSSR count). The predicted molar refractivity (Wildman–Crippen MR) is 109 cm³/mol. The molecule has 0 saturated heterocycles. The molecule has 0 heterocycles. The van der Waals surface area contributed by atoms with Crippen LogP contribution in [0, 0.1) is 0 Å². The Kier molecular flexibility index (Phi) is 6.97. The average molecular weight is 431 g/mol. The number of anilines is 2. The van der Waals surface area contributed by atoms with E-state index in [1.165, 1.54) is 13.2 Å². The Morgan fingerprint density at radius 1 is 1.19 bits per heavy atom. The summed E-state index contributed by atoms with van der Waals surface area (Å²) in [6.07, 6.45) is 1.31. The molecule has 1 unspecified atom stereocenters. The van der Waals surface area contributed by atoms with Crippen molar-refractivity contribution < 1.29 is 17.9 Å². The average Bonchev–Trinajstić information content (AvgIpc) is 2.60. The van der Waals surface area contributed by atoms with Gasteiger partial charge in [-0.3, -0.25) is 9.10 Å². The van der Waals surface area contributed by atoms with Crippen molar-refractivity contribution in [3.05, 3.63) is 52.5 Å². The number of carbonyl (C=O) groups excluding carboxylic acids is 1. The van der Waals surface area contributed by atoms with Crippen molar-refractivity contribution in [3.8, 4) is 5.75 Å². The van der Waals surface area contributed by atoms with E-state index < -0.39 is 22.0 Å². The van der Waals surface area contributed by atoms with E-state index in [0.29, 0.717) is 16.5 Å². The number of amides is 1. The van der Waals surface area contributed by atoms with E-state index in [1.807, 2.05) is 0 Å². The van der Waals surface area contributed by atoms with Crippen LogP contribution < -0.4 is 14.4 Å². The highest BCUT2D eigenvalue weighted by atomic mass is 35.5. The number of carbonyl (C=O) groups is 1. The fraction of sp³-hybridized carbons (Fsp3) is 0.278. The summed E-state index contributed by atoms with van der Waals surface area (Å²) in [5, 5.41) is 3.50. The summed E-state index contributed by atoms with van der Waals surface area (Å²) in [5.74, 6) is -0.0512. The second-order valence-electron chi connectivity index (χ2n) is 5.80. The third-order valence-electron chi connectivity index (χ3n) is 3.83. The summed E-state index contributed by atoms with van der Waals surface area (Å²) in [4.78, 5) is 12.8. The van der Waals surface area contributed by atoms with Crippen LogP contribution in [0.15, 0.2) is 42.5 Å². The first-order chi connectivity index (χ1) is 12.7. The standard InChI is InChI=1S/C18H20Cl2N2O4S/c1-4-16(18(23)21-13-7-5-12(19)6-8-13)22(27(3,24)25)14-9-10-17(26-2)15(20)11-14/h5-11,16H,4H2,1-3H3,(H,21,23). The molecule has 146 valence electrons. The minimum atomic E-state index is -3.76. The van der Waals surface area contributed by atoms with Gasteiger partial charge in [0.05, 0.1) is 24.1 Å². The second kappa shape index (κ2) is 8.82. The fourth-order valence-corrected chi connectivity index (χ4v) is 4.19. The molecular formula is C18H20Cl2N2O4S. The van der Waals surface area contributed by atoms with Gasteiger partial charge >= 0.3 is 0 Å². The first kappa shape index (κ1) is 21.3. The smallest absolute Gasteiger partial charge is 0.248 e. The molecule has 0 aliphatic carbocycles. The van der Waals surface area contributed by atoms with Crippen LogP contribution in [0.4, 0.5) is 11.4 Å². The number of hydrogen-bond acceptors (Lipinski definition) is 4. The van der Waals surface area contributed by atoms with E-state index in [4.69, 9.17) is 27.9 Å². The lowest BCUT2D eigenvalue weighted by atomic mass is 10.1. The molecule has 0 aliphatic heterocycles. The Bertz CT molecular complexity index is 917. The first-order valence-electron chi connectivity index (χ1n) is 8.06. The molecule has 2 aromatic carbocycles. The summed E-state index contributed by atoms with van der Waals surface area (Å²) >= 11 is 12.0. The maximum atomic E-state index is 12.8. The number of methoxy groups -OCH3 is 1. The Balaban J connectivity index is 2.39. The van der Waals surface area contributed by atoms with E-state index in [-0.39, 0.29) is 17.1 Å². The number of sulfonamides is 1. The molecule has 1 amide bonds. The van der Waals surface area contributed by atoms with Crippen LogP contribution in [0.2, 0.25) is 10.0 Å². The first-order valence-corrected chi connectivity index (χ1v) is 10.7. The van der Waals surface area contributed by atoms with Gasteiger partial charge in [0.2, 0.25) is 15.9 Å². The zero-order valence-corrected chi connectivity index (χ0v) is 17.4. The van der Waals surface area contributed by atoms with Crippen LogP contribution in [-0.4, -0.2) is 33.7 Å². The summed E-state index contributed by atoms with van der Waals surface area (Å²) < 4.78 is 31.1. The number of rotatable bonds is 7. The molecular weight excluding hydrogens is 411 g/mol. The van der Waals surface area contributed by atoms with Crippen LogP contribution in [0.5, 0.6) is 5.75 Å².